The molecule has 0 unspecified atom stereocenters. The number of aromatic nitrogens is 1. The maximum Gasteiger partial charge on any atom is 0.200 e. The molecule has 0 atom stereocenters. The van der Waals surface area contributed by atoms with Gasteiger partial charge in [0.25, 0.3) is 0 Å². The molecular weight excluding hydrogens is 326 g/mol. The van der Waals surface area contributed by atoms with Gasteiger partial charge in [0.1, 0.15) is 22.4 Å². The first-order chi connectivity index (χ1) is 12.7. The zero-order valence-electron chi connectivity index (χ0n) is 13.8. The van der Waals surface area contributed by atoms with Crippen LogP contribution in [0.2, 0.25) is 0 Å². The van der Waals surface area contributed by atoms with E-state index in [0.29, 0.717) is 27.5 Å². The fraction of sp³-hybridized carbons (Fsp3) is 0. The van der Waals surface area contributed by atoms with Gasteiger partial charge < -0.3 is 9.52 Å². The van der Waals surface area contributed by atoms with E-state index in [9.17, 15) is 9.90 Å². The number of hydrogen-bond acceptors (Lipinski definition) is 4. The van der Waals surface area contributed by atoms with Gasteiger partial charge in [-0.15, -0.1) is 0 Å². The van der Waals surface area contributed by atoms with Crippen molar-refractivity contribution in [1.82, 2.24) is 4.98 Å². The summed E-state index contributed by atoms with van der Waals surface area (Å²) in [7, 11) is 0. The second-order valence-corrected chi connectivity index (χ2v) is 5.78. The fourth-order valence-electron chi connectivity index (χ4n) is 2.84. The number of phenolic OH excluding ortho intramolecular Hbond substituents is 1. The highest BCUT2D eigenvalue weighted by molar-refractivity contribution is 5.89. The average molecular weight is 341 g/mol. The van der Waals surface area contributed by atoms with Crippen LogP contribution in [0.5, 0.6) is 5.75 Å². The van der Waals surface area contributed by atoms with Crippen LogP contribution in [0.1, 0.15) is 0 Å². The number of aromatic hydroxyl groups is 1. The summed E-state index contributed by atoms with van der Waals surface area (Å²) in [5.74, 6) is 0.239. The van der Waals surface area contributed by atoms with E-state index in [-0.39, 0.29) is 11.2 Å². The largest absolute Gasteiger partial charge is 0.506 e. The maximum atomic E-state index is 12.0. The maximum absolute atomic E-state index is 12.0. The highest BCUT2D eigenvalue weighted by Crippen LogP contribution is 2.20. The Balaban J connectivity index is 0.000000136. The third-order valence-corrected chi connectivity index (χ3v) is 4.09. The van der Waals surface area contributed by atoms with Crippen molar-refractivity contribution in [1.29, 1.82) is 0 Å². The zero-order chi connectivity index (χ0) is 17.9. The minimum atomic E-state index is 0.0347. The third kappa shape index (κ3) is 2.89. The SMILES string of the molecule is O=c1c2ccccc2oc2ccccc12.Oc1cccc2cccnc12. The van der Waals surface area contributed by atoms with Gasteiger partial charge in [-0.3, -0.25) is 9.78 Å². The highest BCUT2D eigenvalue weighted by atomic mass is 16.3. The molecule has 0 radical (unpaired) electrons. The summed E-state index contributed by atoms with van der Waals surface area (Å²) in [6, 6.07) is 23.7. The molecule has 0 aliphatic heterocycles. The van der Waals surface area contributed by atoms with Gasteiger partial charge in [-0.05, 0) is 36.4 Å². The molecule has 5 aromatic rings. The molecule has 2 heterocycles. The summed E-state index contributed by atoms with van der Waals surface area (Å²) in [4.78, 5) is 16.1. The van der Waals surface area contributed by atoms with Crippen molar-refractivity contribution in [2.75, 3.05) is 0 Å². The lowest BCUT2D eigenvalue weighted by Gasteiger charge is -1.99. The Hall–Kier alpha value is -3.66. The van der Waals surface area contributed by atoms with Crippen molar-refractivity contribution < 1.29 is 9.52 Å². The number of hydrogen-bond donors (Lipinski definition) is 1. The van der Waals surface area contributed by atoms with Crippen LogP contribution in [0.3, 0.4) is 0 Å². The Labute approximate surface area is 149 Å². The summed E-state index contributed by atoms with van der Waals surface area (Å²) in [5, 5.41) is 11.5. The molecule has 0 saturated heterocycles. The van der Waals surface area contributed by atoms with Gasteiger partial charge in [0.05, 0.1) is 10.8 Å². The predicted molar refractivity (Wildman–Crippen MR) is 103 cm³/mol. The number of pyridine rings is 1. The van der Waals surface area contributed by atoms with E-state index in [4.69, 9.17) is 4.42 Å². The molecule has 3 aromatic carbocycles. The van der Waals surface area contributed by atoms with Crippen LogP contribution in [0.4, 0.5) is 0 Å². The first-order valence-electron chi connectivity index (χ1n) is 8.17. The number of benzene rings is 3. The zero-order valence-corrected chi connectivity index (χ0v) is 13.8. The Morgan fingerprint density at radius 2 is 1.35 bits per heavy atom. The second kappa shape index (κ2) is 6.69. The molecule has 4 heteroatoms. The lowest BCUT2D eigenvalue weighted by molar-refractivity contribution is 0.480. The molecule has 0 spiro atoms. The molecule has 0 bridgehead atoms. The van der Waals surface area contributed by atoms with Gasteiger partial charge in [0.15, 0.2) is 0 Å². The van der Waals surface area contributed by atoms with Gasteiger partial charge in [-0.25, -0.2) is 0 Å². The van der Waals surface area contributed by atoms with Crippen LogP contribution in [-0.4, -0.2) is 10.1 Å². The molecule has 0 aliphatic carbocycles. The third-order valence-electron chi connectivity index (χ3n) is 4.09. The number of fused-ring (bicyclic) bond motifs is 3. The molecule has 0 fully saturated rings. The lowest BCUT2D eigenvalue weighted by atomic mass is 10.1. The summed E-state index contributed by atoms with van der Waals surface area (Å²) >= 11 is 0. The van der Waals surface area contributed by atoms with Gasteiger partial charge >= 0.3 is 0 Å². The molecule has 2 aromatic heterocycles. The Morgan fingerprint density at radius 3 is 2.00 bits per heavy atom. The molecule has 126 valence electrons. The quantitative estimate of drug-likeness (QED) is 0.407. The van der Waals surface area contributed by atoms with E-state index in [2.05, 4.69) is 4.98 Å². The standard InChI is InChI=1S/C13H8O2.C9H7NO/c14-13-9-5-1-3-7-11(9)15-12-8-4-2-6-10(12)13;11-8-5-1-3-7-4-2-6-10-9(7)8/h1-8H;1-6,11H. The smallest absolute Gasteiger partial charge is 0.200 e. The molecule has 0 saturated carbocycles. The Kier molecular flexibility index (Phi) is 4.07. The Morgan fingerprint density at radius 1 is 0.731 bits per heavy atom. The second-order valence-electron chi connectivity index (χ2n) is 5.78. The first-order valence-corrected chi connectivity index (χ1v) is 8.17. The molecule has 0 amide bonds. The summed E-state index contributed by atoms with van der Waals surface area (Å²) in [5.41, 5.74) is 1.98. The average Bonchev–Trinajstić information content (AvgIpc) is 2.69. The Bertz CT molecular complexity index is 1210. The van der Waals surface area contributed by atoms with Crippen LogP contribution in [0.25, 0.3) is 32.8 Å². The normalized spacial score (nSPS) is 10.6. The van der Waals surface area contributed by atoms with E-state index < -0.39 is 0 Å². The highest BCUT2D eigenvalue weighted by Gasteiger charge is 2.05. The van der Waals surface area contributed by atoms with E-state index in [1.165, 1.54) is 0 Å². The number of para-hydroxylation sites is 3. The number of phenols is 1. The molecule has 26 heavy (non-hydrogen) atoms. The van der Waals surface area contributed by atoms with Crippen LogP contribution >= 0.6 is 0 Å². The molecule has 4 nitrogen and oxygen atoms in total. The van der Waals surface area contributed by atoms with Gasteiger partial charge in [-0.2, -0.15) is 0 Å². The van der Waals surface area contributed by atoms with Gasteiger partial charge in [-0.1, -0.05) is 42.5 Å². The van der Waals surface area contributed by atoms with E-state index >= 15 is 0 Å². The van der Waals surface area contributed by atoms with Crippen molar-refractivity contribution in [2.24, 2.45) is 0 Å². The molecule has 0 aliphatic rings. The monoisotopic (exact) mass is 341 g/mol. The van der Waals surface area contributed by atoms with Crippen molar-refractivity contribution in [3.63, 3.8) is 0 Å². The van der Waals surface area contributed by atoms with Crippen molar-refractivity contribution >= 4 is 32.8 Å². The van der Waals surface area contributed by atoms with E-state index in [0.717, 1.165) is 5.39 Å². The van der Waals surface area contributed by atoms with Crippen molar-refractivity contribution in [3.8, 4) is 5.75 Å². The molecule has 1 N–H and O–H groups in total. The van der Waals surface area contributed by atoms with Crippen LogP contribution in [-0.2, 0) is 0 Å². The number of nitrogens with zero attached hydrogens (tertiary/aromatic N) is 1. The number of rotatable bonds is 0. The van der Waals surface area contributed by atoms with Crippen molar-refractivity contribution in [2.45, 2.75) is 0 Å². The molecular formula is C22H15NO3. The van der Waals surface area contributed by atoms with Crippen LogP contribution in [0.15, 0.2) is 94.3 Å². The van der Waals surface area contributed by atoms with E-state index in [1.807, 2.05) is 54.6 Å². The van der Waals surface area contributed by atoms with Gasteiger partial charge in [0, 0.05) is 11.6 Å². The predicted octanol–water partition coefficient (Wildman–Crippen LogP) is 4.89. The lowest BCUT2D eigenvalue weighted by Crippen LogP contribution is -2.01. The van der Waals surface area contributed by atoms with Crippen LogP contribution in [0, 0.1) is 0 Å². The fourth-order valence-corrected chi connectivity index (χ4v) is 2.84. The van der Waals surface area contributed by atoms with E-state index in [1.54, 1.807) is 30.5 Å². The minimum absolute atomic E-state index is 0.0347. The summed E-state index contributed by atoms with van der Waals surface area (Å²) < 4.78 is 5.63. The topological polar surface area (TPSA) is 63.3 Å². The van der Waals surface area contributed by atoms with Gasteiger partial charge in [0.2, 0.25) is 5.43 Å². The first kappa shape index (κ1) is 15.8. The summed E-state index contributed by atoms with van der Waals surface area (Å²) in [6.45, 7) is 0. The van der Waals surface area contributed by atoms with Crippen molar-refractivity contribution in [3.05, 3.63) is 95.3 Å². The molecule has 5 rings (SSSR count). The summed E-state index contributed by atoms with van der Waals surface area (Å²) in [6.07, 6.45) is 1.67. The minimum Gasteiger partial charge on any atom is -0.506 e. The van der Waals surface area contributed by atoms with Crippen LogP contribution < -0.4 is 5.43 Å².